The maximum Gasteiger partial charge on any atom is 1.00 e. The monoisotopic (exact) mass is 587 g/mol. The van der Waals surface area contributed by atoms with Crippen LogP contribution in [0.5, 0.6) is 5.75 Å². The van der Waals surface area contributed by atoms with Crippen molar-refractivity contribution in [3.8, 4) is 16.9 Å². The Labute approximate surface area is 282 Å². The number of rotatable bonds is 7. The third-order valence-corrected chi connectivity index (χ3v) is 6.99. The van der Waals surface area contributed by atoms with E-state index in [2.05, 4.69) is 27.4 Å². The van der Waals surface area contributed by atoms with Crippen LogP contribution in [0, 0.1) is 6.92 Å². The van der Waals surface area contributed by atoms with Crippen LogP contribution in [0.3, 0.4) is 0 Å². The molecule has 9 heteroatoms. The van der Waals surface area contributed by atoms with Crippen molar-refractivity contribution < 1.29 is 76.1 Å². The molecular weight excluding hydrogens is 555 g/mol. The molecule has 4 N–H and O–H groups in total. The van der Waals surface area contributed by atoms with Crippen LogP contribution in [0.4, 0.5) is 5.69 Å². The van der Waals surface area contributed by atoms with Crippen LogP contribution in [0.2, 0.25) is 5.02 Å². The van der Waals surface area contributed by atoms with Crippen LogP contribution in [0.25, 0.3) is 16.7 Å². The molecule has 1 heterocycles. The van der Waals surface area contributed by atoms with Crippen molar-refractivity contribution in [2.24, 2.45) is 5.73 Å². The van der Waals surface area contributed by atoms with E-state index in [0.717, 1.165) is 47.2 Å². The van der Waals surface area contributed by atoms with E-state index in [1.165, 1.54) is 25.5 Å². The first-order valence-corrected chi connectivity index (χ1v) is 13.3. The first-order chi connectivity index (χ1) is 18.9. The van der Waals surface area contributed by atoms with Gasteiger partial charge in [0.25, 0.3) is 0 Å². The SMILES string of the molecule is C[OH+]OO/C=C(\C=C/C(N)[C@H]1CCCCC(=O)Nc2cc(C)ccc2-c2cccc1c2)c1cc(Cl)ccc1[O-].[K+]. The van der Waals surface area contributed by atoms with Gasteiger partial charge in [0.05, 0.1) is 0 Å². The summed E-state index contributed by atoms with van der Waals surface area (Å²) in [6, 6.07) is 18.5. The molecule has 3 aromatic carbocycles. The smallest absolute Gasteiger partial charge is 0.872 e. The summed E-state index contributed by atoms with van der Waals surface area (Å²) < 4.78 is 0. The molecule has 1 aliphatic rings. The quantitative estimate of drug-likeness (QED) is 0.0840. The Hall–Kier alpha value is -1.98. The van der Waals surface area contributed by atoms with Crippen LogP contribution < -0.4 is 67.5 Å². The van der Waals surface area contributed by atoms with Crippen LogP contribution >= 0.6 is 11.6 Å². The molecule has 2 bridgehead atoms. The molecule has 0 saturated heterocycles. The average Bonchev–Trinajstić information content (AvgIpc) is 2.91. The van der Waals surface area contributed by atoms with E-state index in [-0.39, 0.29) is 75.0 Å². The maximum atomic E-state index is 12.7. The molecule has 0 aliphatic carbocycles. The molecule has 204 valence electrons. The normalized spacial score (nSPS) is 16.6. The topological polar surface area (TPSA) is 109 Å². The Morgan fingerprint density at radius 1 is 1.18 bits per heavy atom. The van der Waals surface area contributed by atoms with Crippen molar-refractivity contribution in [3.05, 3.63) is 101 Å². The molecule has 0 spiro atoms. The van der Waals surface area contributed by atoms with Gasteiger partial charge in [0.2, 0.25) is 5.91 Å². The van der Waals surface area contributed by atoms with E-state index in [4.69, 9.17) is 22.2 Å². The molecule has 1 amide bonds. The third kappa shape index (κ3) is 8.76. The zero-order valence-corrected chi connectivity index (χ0v) is 26.9. The van der Waals surface area contributed by atoms with Crippen LogP contribution in [0.1, 0.15) is 48.3 Å². The van der Waals surface area contributed by atoms with Gasteiger partial charge in [-0.15, -0.1) is 5.75 Å². The zero-order chi connectivity index (χ0) is 27.8. The maximum absolute atomic E-state index is 12.7. The summed E-state index contributed by atoms with van der Waals surface area (Å²) in [6.45, 7) is 2.01. The molecule has 0 radical (unpaired) electrons. The molecule has 1 aliphatic heterocycles. The molecule has 7 nitrogen and oxygen atoms in total. The molecule has 0 saturated carbocycles. The standard InChI is InChI=1S/C31H33ClN2O5.K/c1-20-10-13-26-22-7-5-6-21(17-22)25(8-3-4-9-31(36)34-29(26)16-20)28(33)14-11-23(19-38-39-37-2)27-18-24(32)12-15-30(27)35;/h5-7,10-19,25,28,35H,3-4,8-9,33H2,1-2H3,(H,34,36);/q;+1/b14-11-,23-19+;/t25-,28?;/m0./s1. The van der Waals surface area contributed by atoms with Crippen LogP contribution in [-0.2, 0) is 14.7 Å². The number of nitrogens with two attached hydrogens (primary N) is 1. The van der Waals surface area contributed by atoms with Gasteiger partial charge in [-0.25, -0.2) is 4.89 Å². The van der Waals surface area contributed by atoms with E-state index >= 15 is 0 Å². The largest absolute Gasteiger partial charge is 1.00 e. The second-order valence-corrected chi connectivity index (χ2v) is 10.0. The number of aryl methyl sites for hydroxylation is 1. The minimum Gasteiger partial charge on any atom is -0.872 e. The number of benzene rings is 3. The Bertz CT molecular complexity index is 1380. The van der Waals surface area contributed by atoms with Gasteiger partial charge in [-0.3, -0.25) is 9.68 Å². The van der Waals surface area contributed by atoms with Crippen LogP contribution in [-0.4, -0.2) is 23.9 Å². The first-order valence-electron chi connectivity index (χ1n) is 12.9. The van der Waals surface area contributed by atoms with Gasteiger partial charge in [0.15, 0.2) is 7.11 Å². The Kier molecular flexibility index (Phi) is 12.9. The summed E-state index contributed by atoms with van der Waals surface area (Å²) in [5, 5.41) is 20.7. The molecular formula is C31H33ClKN2O5+. The van der Waals surface area contributed by atoms with Gasteiger partial charge in [-0.2, -0.15) is 0 Å². The molecule has 0 fully saturated rings. The second-order valence-electron chi connectivity index (χ2n) is 9.58. The molecule has 0 aromatic heterocycles. The average molecular weight is 588 g/mol. The van der Waals surface area contributed by atoms with Crippen molar-refractivity contribution in [2.75, 3.05) is 12.4 Å². The summed E-state index contributed by atoms with van der Waals surface area (Å²) >= 11 is 6.15. The van der Waals surface area contributed by atoms with Crippen molar-refractivity contribution in [1.29, 1.82) is 0 Å². The number of carbonyl (C=O) groups is 1. The van der Waals surface area contributed by atoms with E-state index in [0.29, 0.717) is 22.6 Å². The third-order valence-electron chi connectivity index (χ3n) is 6.75. The van der Waals surface area contributed by atoms with E-state index in [9.17, 15) is 9.90 Å². The van der Waals surface area contributed by atoms with E-state index in [1.807, 2.05) is 43.3 Å². The minimum atomic E-state index is -0.385. The van der Waals surface area contributed by atoms with Gasteiger partial charge in [0, 0.05) is 40.2 Å². The Balaban J connectivity index is 0.00000441. The number of amides is 1. The predicted octanol–water partition coefficient (Wildman–Crippen LogP) is 2.93. The summed E-state index contributed by atoms with van der Waals surface area (Å²) in [5.41, 5.74) is 12.5. The number of hydrogen-bond acceptors (Lipinski definition) is 5. The van der Waals surface area contributed by atoms with E-state index in [1.54, 1.807) is 12.1 Å². The number of nitrogens with one attached hydrogen (secondary N) is 1. The number of fused-ring (bicyclic) bond motifs is 4. The fraction of sp³-hybridized carbons (Fsp3) is 0.258. The molecule has 1 unspecified atom stereocenters. The number of hydrogen-bond donors (Lipinski definition) is 2. The number of carbonyl (C=O) groups excluding carboxylic acids is 1. The van der Waals surface area contributed by atoms with Crippen molar-refractivity contribution in [2.45, 2.75) is 44.6 Å². The Morgan fingerprint density at radius 3 is 2.80 bits per heavy atom. The zero-order valence-electron chi connectivity index (χ0n) is 23.0. The number of aliphatic hydroxyl groups is 1. The molecule has 40 heavy (non-hydrogen) atoms. The van der Waals surface area contributed by atoms with Crippen molar-refractivity contribution in [3.63, 3.8) is 0 Å². The molecule has 3 aromatic rings. The van der Waals surface area contributed by atoms with E-state index < -0.39 is 0 Å². The van der Waals surface area contributed by atoms with Gasteiger partial charge in [-0.05, 0) is 60.2 Å². The number of halogens is 1. The summed E-state index contributed by atoms with van der Waals surface area (Å²) in [6.07, 6.45) is 7.70. The van der Waals surface area contributed by atoms with Gasteiger partial charge >= 0.3 is 51.4 Å². The summed E-state index contributed by atoms with van der Waals surface area (Å²) in [5.74, 6) is -0.232. The number of allylic oxidation sites excluding steroid dienone is 2. The van der Waals surface area contributed by atoms with Gasteiger partial charge in [0.1, 0.15) is 11.3 Å². The van der Waals surface area contributed by atoms with Gasteiger partial charge in [-0.1, -0.05) is 72.6 Å². The van der Waals surface area contributed by atoms with Crippen molar-refractivity contribution >= 4 is 28.8 Å². The Morgan fingerprint density at radius 2 is 2.00 bits per heavy atom. The van der Waals surface area contributed by atoms with Crippen molar-refractivity contribution in [1.82, 2.24) is 0 Å². The summed E-state index contributed by atoms with van der Waals surface area (Å²) in [4.78, 5) is 21.1. The first kappa shape index (κ1) is 32.5. The second kappa shape index (κ2) is 15.9. The number of anilines is 1. The van der Waals surface area contributed by atoms with Crippen LogP contribution in [0.15, 0.2) is 79.1 Å². The fourth-order valence-corrected chi connectivity index (χ4v) is 4.95. The molecule has 4 rings (SSSR count). The van der Waals surface area contributed by atoms with Gasteiger partial charge < -0.3 is 16.2 Å². The fourth-order valence-electron chi connectivity index (χ4n) is 4.78. The molecule has 2 atom stereocenters. The predicted molar refractivity (Wildman–Crippen MR) is 153 cm³/mol. The minimum absolute atomic E-state index is 0. The summed E-state index contributed by atoms with van der Waals surface area (Å²) in [7, 11) is 1.43.